The SMILES string of the molecule is CCCCCCCCCc1ccccc1OP(=S)([S-])Oc1ccccc1CCCCCCCCC.CCCCCCCCCc1ccccc1OP(=S)([S-])Oc1ccccc1CCCCCCCCC.[Zn+2]. The zero-order valence-corrected chi connectivity index (χ0v) is 52.8. The van der Waals surface area contributed by atoms with E-state index < -0.39 is 11.4 Å². The summed E-state index contributed by atoms with van der Waals surface area (Å²) in [5.41, 5.74) is -1.05. The zero-order valence-electron chi connectivity index (χ0n) is 44.7. The van der Waals surface area contributed by atoms with Gasteiger partial charge in [-0.25, -0.2) is 0 Å². The van der Waals surface area contributed by atoms with Crippen molar-refractivity contribution in [3.63, 3.8) is 0 Å². The first kappa shape index (κ1) is 65.8. The van der Waals surface area contributed by atoms with Crippen molar-refractivity contribution >= 4 is 59.5 Å². The molecule has 0 spiro atoms. The Balaban J connectivity index is 0.000000480. The van der Waals surface area contributed by atoms with Gasteiger partial charge >= 0.3 is 19.5 Å². The second-order valence-electron chi connectivity index (χ2n) is 19.2. The molecule has 4 nitrogen and oxygen atoms in total. The van der Waals surface area contributed by atoms with Gasteiger partial charge in [-0.3, -0.25) is 0 Å². The van der Waals surface area contributed by atoms with Crippen LogP contribution < -0.4 is 18.1 Å². The van der Waals surface area contributed by atoms with Crippen LogP contribution in [0.3, 0.4) is 0 Å². The van der Waals surface area contributed by atoms with Crippen LogP contribution in [-0.2, 0) is 93.3 Å². The molecule has 0 bridgehead atoms. The topological polar surface area (TPSA) is 36.9 Å². The first-order valence-electron chi connectivity index (χ1n) is 27.8. The molecule has 0 aliphatic rings. The average Bonchev–Trinajstić information content (AvgIpc) is 3.34. The van der Waals surface area contributed by atoms with Gasteiger partial charge in [0.05, 0.1) is 0 Å². The van der Waals surface area contributed by atoms with E-state index in [2.05, 4.69) is 76.2 Å². The van der Waals surface area contributed by atoms with E-state index in [0.717, 1.165) is 74.4 Å². The number of unbranched alkanes of at least 4 members (excludes halogenated alkanes) is 24. The predicted octanol–water partition coefficient (Wildman–Crippen LogP) is 21.0. The van der Waals surface area contributed by atoms with Gasteiger partial charge < -0.3 is 42.6 Å². The minimum absolute atomic E-state index is 0. The summed E-state index contributed by atoms with van der Waals surface area (Å²) in [5.74, 6) is 3.17. The second-order valence-corrected chi connectivity index (χ2v) is 28.9. The first-order valence-corrected chi connectivity index (χ1v) is 35.1. The summed E-state index contributed by atoms with van der Waals surface area (Å²) < 4.78 is 24.8. The molecule has 11 heteroatoms. The molecule has 0 unspecified atom stereocenters. The van der Waals surface area contributed by atoms with E-state index in [1.54, 1.807) is 0 Å². The van der Waals surface area contributed by atoms with Crippen LogP contribution in [-0.4, -0.2) is 0 Å². The summed E-state index contributed by atoms with van der Waals surface area (Å²) in [4.78, 5) is 0. The fourth-order valence-electron chi connectivity index (χ4n) is 8.81. The largest absolute Gasteiger partial charge is 2.00 e. The van der Waals surface area contributed by atoms with E-state index in [9.17, 15) is 0 Å². The Labute approximate surface area is 468 Å². The minimum atomic E-state index is -2.89. The summed E-state index contributed by atoms with van der Waals surface area (Å²) in [6.45, 7) is 9.04. The maximum atomic E-state index is 6.20. The Morgan fingerprint density at radius 3 is 0.662 bits per heavy atom. The normalized spacial score (nSPS) is 11.4. The summed E-state index contributed by atoms with van der Waals surface area (Å²) >= 11 is 22.8. The number of benzene rings is 4. The Morgan fingerprint density at radius 2 is 0.465 bits per heavy atom. The number of hydrogen-bond acceptors (Lipinski definition) is 8. The van der Waals surface area contributed by atoms with Crippen LogP contribution in [0.2, 0.25) is 0 Å². The standard InChI is InChI=1S/2C30H47O2PS2.Zn/c2*1-3-5-7-9-11-13-15-21-27-23-17-19-25-29(27)31-33(34,35)32-30-26-20-18-24-28(30)22-16-14-12-10-8-6-4-2;/h2*17-20,23-26H,3-16,21-22H2,1-2H3,(H,34,35);/q;;+2/p-2. The maximum Gasteiger partial charge on any atom is 2.00 e. The van der Waals surface area contributed by atoms with Gasteiger partial charge in [0.25, 0.3) is 0 Å². The zero-order chi connectivity index (χ0) is 50.4. The molecule has 0 N–H and O–H groups in total. The van der Waals surface area contributed by atoms with Gasteiger partial charge in [-0.2, -0.15) is 0 Å². The van der Waals surface area contributed by atoms with E-state index >= 15 is 0 Å². The molecule has 0 saturated heterocycles. The molecule has 0 radical (unpaired) electrons. The van der Waals surface area contributed by atoms with Crippen molar-refractivity contribution in [2.45, 2.75) is 233 Å². The van der Waals surface area contributed by atoms with Gasteiger partial charge in [0, 0.05) is 0 Å². The van der Waals surface area contributed by atoms with Crippen LogP contribution in [0.15, 0.2) is 97.1 Å². The Morgan fingerprint density at radius 1 is 0.296 bits per heavy atom. The van der Waals surface area contributed by atoms with E-state index in [-0.39, 0.29) is 19.5 Å². The molecule has 0 atom stereocenters. The maximum absolute atomic E-state index is 6.20. The fourth-order valence-corrected chi connectivity index (χ4v) is 12.5. The van der Waals surface area contributed by atoms with Crippen LogP contribution in [0.5, 0.6) is 23.0 Å². The Bertz CT molecular complexity index is 1760. The third kappa shape index (κ3) is 31.4. The summed E-state index contributed by atoms with van der Waals surface area (Å²) in [6.07, 6.45) is 40.2. The third-order valence-electron chi connectivity index (χ3n) is 12.9. The van der Waals surface area contributed by atoms with Crippen molar-refractivity contribution in [3.05, 3.63) is 119 Å². The van der Waals surface area contributed by atoms with Crippen molar-refractivity contribution in [3.8, 4) is 23.0 Å². The van der Waals surface area contributed by atoms with Gasteiger partial charge in [0.1, 0.15) is 23.0 Å². The van der Waals surface area contributed by atoms with Crippen molar-refractivity contribution in [2.75, 3.05) is 0 Å². The molecule has 392 valence electrons. The van der Waals surface area contributed by atoms with Crippen LogP contribution >= 0.6 is 11.4 Å². The van der Waals surface area contributed by atoms with Crippen LogP contribution in [0.25, 0.3) is 0 Å². The van der Waals surface area contributed by atoms with E-state index in [1.165, 1.54) is 176 Å². The van der Waals surface area contributed by atoms with E-state index in [1.807, 2.05) is 48.5 Å². The molecule has 71 heavy (non-hydrogen) atoms. The third-order valence-corrected chi connectivity index (χ3v) is 16.4. The summed E-state index contributed by atoms with van der Waals surface area (Å²) in [6, 6.07) is 32.7. The van der Waals surface area contributed by atoms with Crippen molar-refractivity contribution < 1.29 is 37.6 Å². The first-order chi connectivity index (χ1) is 34.1. The predicted molar refractivity (Wildman–Crippen MR) is 318 cm³/mol. The minimum Gasteiger partial charge on any atom is -0.665 e. The molecule has 0 fully saturated rings. The molecule has 0 aliphatic heterocycles. The molecule has 0 aliphatic carbocycles. The molecule has 0 heterocycles. The number of aryl methyl sites for hydroxylation is 4. The summed E-state index contributed by atoms with van der Waals surface area (Å²) in [5, 5.41) is 0. The van der Waals surface area contributed by atoms with Crippen LogP contribution in [0.1, 0.15) is 230 Å². The van der Waals surface area contributed by atoms with Gasteiger partial charge in [0.2, 0.25) is 0 Å². The van der Waals surface area contributed by atoms with Crippen LogP contribution in [0.4, 0.5) is 0 Å². The Kier molecular flexibility index (Phi) is 38.8. The van der Waals surface area contributed by atoms with Crippen molar-refractivity contribution in [2.24, 2.45) is 0 Å². The Hall–Kier alpha value is -1.30. The molecule has 4 aromatic rings. The van der Waals surface area contributed by atoms with Gasteiger partial charge in [0.15, 0.2) is 11.4 Å². The van der Waals surface area contributed by atoms with Gasteiger partial charge in [-0.15, -0.1) is 0 Å². The van der Waals surface area contributed by atoms with Gasteiger partial charge in [-0.05, 0) is 121 Å². The quantitative estimate of drug-likeness (QED) is 0.0189. The molecule has 0 amide bonds. The monoisotopic (exact) mass is 1130 g/mol. The molecule has 4 rings (SSSR count). The number of hydrogen-bond donors (Lipinski definition) is 0. The molecule has 0 aromatic heterocycles. The number of rotatable bonds is 40. The van der Waals surface area contributed by atoms with Crippen LogP contribution in [0, 0.1) is 0 Å². The summed E-state index contributed by atoms with van der Waals surface area (Å²) in [7, 11) is 0. The van der Waals surface area contributed by atoms with E-state index in [0.29, 0.717) is 0 Å². The second kappa shape index (κ2) is 41.9. The smallest absolute Gasteiger partial charge is 0.665 e. The van der Waals surface area contributed by atoms with Crippen molar-refractivity contribution in [1.82, 2.24) is 0 Å². The number of para-hydroxylation sites is 4. The molecular weight excluding hydrogens is 1040 g/mol. The van der Waals surface area contributed by atoms with Gasteiger partial charge in [-0.1, -0.05) is 255 Å². The molecular formula is C60H92O4P2S4Zn. The van der Waals surface area contributed by atoms with E-state index in [4.69, 9.17) is 66.2 Å². The van der Waals surface area contributed by atoms with Crippen molar-refractivity contribution in [1.29, 1.82) is 0 Å². The molecule has 4 aromatic carbocycles. The molecule has 0 saturated carbocycles. The average molecular weight is 1130 g/mol. The fraction of sp³-hybridized carbons (Fsp3) is 0.600.